The van der Waals surface area contributed by atoms with Gasteiger partial charge in [0.05, 0.1) is 10.0 Å². The van der Waals surface area contributed by atoms with Crippen LogP contribution in [0.1, 0.15) is 11.1 Å². The van der Waals surface area contributed by atoms with Crippen LogP contribution in [0.5, 0.6) is 5.75 Å². The van der Waals surface area contributed by atoms with E-state index in [1.165, 1.54) is 0 Å². The molecule has 0 aromatic heterocycles. The van der Waals surface area contributed by atoms with E-state index in [1.807, 2.05) is 42.5 Å². The van der Waals surface area contributed by atoms with Crippen molar-refractivity contribution in [1.29, 1.82) is 0 Å². The van der Waals surface area contributed by atoms with Crippen LogP contribution in [0.15, 0.2) is 55.1 Å². The fraction of sp³-hybridized carbons (Fsp3) is 0.176. The first-order valence-electron chi connectivity index (χ1n) is 6.67. The second-order valence-corrected chi connectivity index (χ2v) is 5.38. The Labute approximate surface area is 135 Å². The van der Waals surface area contributed by atoms with Gasteiger partial charge in [0.1, 0.15) is 12.4 Å². The third kappa shape index (κ3) is 4.78. The lowest BCUT2D eigenvalue weighted by molar-refractivity contribution is 0.302. The molecule has 0 saturated carbocycles. The molecule has 21 heavy (non-hydrogen) atoms. The Morgan fingerprint density at radius 1 is 1.10 bits per heavy atom. The van der Waals surface area contributed by atoms with Crippen LogP contribution in [0.4, 0.5) is 0 Å². The van der Waals surface area contributed by atoms with E-state index in [-0.39, 0.29) is 0 Å². The topological polar surface area (TPSA) is 21.3 Å². The summed E-state index contributed by atoms with van der Waals surface area (Å²) in [6.45, 7) is 5.65. The Bertz CT molecular complexity index is 613. The van der Waals surface area contributed by atoms with Crippen LogP contribution in [0.25, 0.3) is 0 Å². The molecule has 0 spiro atoms. The molecule has 2 aromatic carbocycles. The lowest BCUT2D eigenvalue weighted by Gasteiger charge is -2.12. The molecule has 0 radical (unpaired) electrons. The summed E-state index contributed by atoms with van der Waals surface area (Å²) in [5.74, 6) is 0.861. The molecular weight excluding hydrogens is 305 g/mol. The van der Waals surface area contributed by atoms with Gasteiger partial charge in [0, 0.05) is 18.7 Å². The number of benzene rings is 2. The van der Waals surface area contributed by atoms with Gasteiger partial charge in [-0.2, -0.15) is 0 Å². The van der Waals surface area contributed by atoms with E-state index in [4.69, 9.17) is 27.9 Å². The molecular formula is C17H17Cl2NO. The van der Waals surface area contributed by atoms with Crippen LogP contribution in [0, 0.1) is 0 Å². The van der Waals surface area contributed by atoms with Crippen LogP contribution in [0.2, 0.25) is 10.0 Å². The molecule has 1 N–H and O–H groups in total. The van der Waals surface area contributed by atoms with Crippen LogP contribution >= 0.6 is 23.2 Å². The Hall–Kier alpha value is -1.48. The van der Waals surface area contributed by atoms with E-state index < -0.39 is 0 Å². The summed E-state index contributed by atoms with van der Waals surface area (Å²) in [4.78, 5) is 0. The van der Waals surface area contributed by atoms with E-state index in [0.29, 0.717) is 16.7 Å². The predicted molar refractivity (Wildman–Crippen MR) is 89.1 cm³/mol. The molecule has 2 aromatic rings. The summed E-state index contributed by atoms with van der Waals surface area (Å²) in [6, 6.07) is 13.5. The van der Waals surface area contributed by atoms with E-state index >= 15 is 0 Å². The largest absolute Gasteiger partial charge is 0.489 e. The summed E-state index contributed by atoms with van der Waals surface area (Å²) in [5, 5.41) is 4.36. The third-order valence-corrected chi connectivity index (χ3v) is 3.69. The first-order chi connectivity index (χ1) is 10.2. The van der Waals surface area contributed by atoms with Crippen molar-refractivity contribution in [3.05, 3.63) is 76.3 Å². The van der Waals surface area contributed by atoms with Crippen molar-refractivity contribution in [1.82, 2.24) is 5.32 Å². The van der Waals surface area contributed by atoms with Gasteiger partial charge in [0.2, 0.25) is 0 Å². The molecule has 0 bridgehead atoms. The Kier molecular flexibility index (Phi) is 6.12. The van der Waals surface area contributed by atoms with E-state index in [0.717, 1.165) is 30.0 Å². The molecule has 0 aliphatic heterocycles. The van der Waals surface area contributed by atoms with Gasteiger partial charge < -0.3 is 10.1 Å². The molecule has 4 heteroatoms. The summed E-state index contributed by atoms with van der Waals surface area (Å²) in [6.07, 6.45) is 1.83. The Morgan fingerprint density at radius 3 is 2.67 bits per heavy atom. The molecule has 0 aliphatic rings. The van der Waals surface area contributed by atoms with Crippen molar-refractivity contribution in [2.45, 2.75) is 13.2 Å². The fourth-order valence-corrected chi connectivity index (χ4v) is 2.21. The van der Waals surface area contributed by atoms with Crippen molar-refractivity contribution >= 4 is 23.2 Å². The quantitative estimate of drug-likeness (QED) is 0.581. The maximum absolute atomic E-state index is 6.00. The number of nitrogens with one attached hydrogen (secondary N) is 1. The van der Waals surface area contributed by atoms with Gasteiger partial charge in [-0.15, -0.1) is 6.58 Å². The molecule has 0 unspecified atom stereocenters. The lowest BCUT2D eigenvalue weighted by Crippen LogP contribution is -2.13. The van der Waals surface area contributed by atoms with Gasteiger partial charge in [-0.1, -0.05) is 53.5 Å². The van der Waals surface area contributed by atoms with Crippen molar-refractivity contribution in [2.24, 2.45) is 0 Å². The third-order valence-electron chi connectivity index (χ3n) is 2.96. The molecule has 0 saturated heterocycles. The van der Waals surface area contributed by atoms with Crippen LogP contribution < -0.4 is 10.1 Å². The first kappa shape index (κ1) is 15.9. The standard InChI is InChI=1S/C17H17Cl2NO/c1-2-9-20-11-14-5-3-4-6-17(14)21-12-13-7-8-15(18)16(19)10-13/h2-8,10,20H,1,9,11-12H2. The average molecular weight is 322 g/mol. The van der Waals surface area contributed by atoms with Gasteiger partial charge >= 0.3 is 0 Å². The SMILES string of the molecule is C=CCNCc1ccccc1OCc1ccc(Cl)c(Cl)c1. The highest BCUT2D eigenvalue weighted by Crippen LogP contribution is 2.24. The molecule has 2 rings (SSSR count). The molecule has 2 nitrogen and oxygen atoms in total. The van der Waals surface area contributed by atoms with Crippen LogP contribution in [-0.4, -0.2) is 6.54 Å². The van der Waals surface area contributed by atoms with Gasteiger partial charge in [0.25, 0.3) is 0 Å². The number of hydrogen-bond acceptors (Lipinski definition) is 2. The van der Waals surface area contributed by atoms with Crippen molar-refractivity contribution in [2.75, 3.05) is 6.54 Å². The fourth-order valence-electron chi connectivity index (χ4n) is 1.89. The van der Waals surface area contributed by atoms with Crippen LogP contribution in [-0.2, 0) is 13.2 Å². The molecule has 0 fully saturated rings. The van der Waals surface area contributed by atoms with Gasteiger partial charge in [0.15, 0.2) is 0 Å². The number of halogens is 2. The lowest BCUT2D eigenvalue weighted by atomic mass is 10.2. The van der Waals surface area contributed by atoms with Crippen molar-refractivity contribution in [3.8, 4) is 5.75 Å². The van der Waals surface area contributed by atoms with E-state index in [2.05, 4.69) is 11.9 Å². The highest BCUT2D eigenvalue weighted by Gasteiger charge is 2.04. The Morgan fingerprint density at radius 2 is 1.90 bits per heavy atom. The summed E-state index contributed by atoms with van der Waals surface area (Å²) >= 11 is 11.9. The Balaban J connectivity index is 2.01. The minimum atomic E-state index is 0.454. The summed E-state index contributed by atoms with van der Waals surface area (Å²) < 4.78 is 5.88. The zero-order valence-electron chi connectivity index (χ0n) is 11.6. The monoisotopic (exact) mass is 321 g/mol. The first-order valence-corrected chi connectivity index (χ1v) is 7.42. The molecule has 0 heterocycles. The van der Waals surface area contributed by atoms with Crippen LogP contribution in [0.3, 0.4) is 0 Å². The van der Waals surface area contributed by atoms with Gasteiger partial charge in [-0.05, 0) is 23.8 Å². The summed E-state index contributed by atoms with van der Waals surface area (Å²) in [5.41, 5.74) is 2.10. The second kappa shape index (κ2) is 8.08. The maximum atomic E-state index is 6.00. The zero-order valence-corrected chi connectivity index (χ0v) is 13.1. The minimum absolute atomic E-state index is 0.454. The second-order valence-electron chi connectivity index (χ2n) is 4.56. The highest BCUT2D eigenvalue weighted by atomic mass is 35.5. The number of ether oxygens (including phenoxy) is 1. The molecule has 0 aliphatic carbocycles. The number of rotatable bonds is 7. The highest BCUT2D eigenvalue weighted by molar-refractivity contribution is 6.42. The summed E-state index contributed by atoms with van der Waals surface area (Å²) in [7, 11) is 0. The maximum Gasteiger partial charge on any atom is 0.124 e. The molecule has 110 valence electrons. The van der Waals surface area contributed by atoms with Gasteiger partial charge in [-0.25, -0.2) is 0 Å². The predicted octanol–water partition coefficient (Wildman–Crippen LogP) is 4.85. The average Bonchev–Trinajstić information content (AvgIpc) is 2.50. The normalized spacial score (nSPS) is 10.4. The zero-order chi connectivity index (χ0) is 15.1. The minimum Gasteiger partial charge on any atom is -0.489 e. The van der Waals surface area contributed by atoms with Crippen molar-refractivity contribution < 1.29 is 4.74 Å². The van der Waals surface area contributed by atoms with E-state index in [1.54, 1.807) is 6.07 Å². The van der Waals surface area contributed by atoms with Crippen molar-refractivity contribution in [3.63, 3.8) is 0 Å². The molecule has 0 amide bonds. The number of hydrogen-bond donors (Lipinski definition) is 1. The van der Waals surface area contributed by atoms with E-state index in [9.17, 15) is 0 Å². The van der Waals surface area contributed by atoms with Gasteiger partial charge in [-0.3, -0.25) is 0 Å². The number of para-hydroxylation sites is 1. The molecule has 0 atom stereocenters. The smallest absolute Gasteiger partial charge is 0.124 e.